The summed E-state index contributed by atoms with van der Waals surface area (Å²) in [6.45, 7) is 5.56. The maximum absolute atomic E-state index is 13.1. The molecule has 25 heavy (non-hydrogen) atoms. The van der Waals surface area contributed by atoms with Crippen molar-refractivity contribution in [2.45, 2.75) is 39.3 Å². The fourth-order valence-electron chi connectivity index (χ4n) is 2.20. The van der Waals surface area contributed by atoms with Gasteiger partial charge in [0.1, 0.15) is 5.60 Å². The van der Waals surface area contributed by atoms with Crippen LogP contribution in [0.3, 0.4) is 0 Å². The molecule has 0 aliphatic rings. The van der Waals surface area contributed by atoms with Gasteiger partial charge in [0.25, 0.3) is 6.43 Å². The van der Waals surface area contributed by atoms with Gasteiger partial charge in [0.15, 0.2) is 0 Å². The van der Waals surface area contributed by atoms with Crippen molar-refractivity contribution in [3.8, 4) is 11.8 Å². The van der Waals surface area contributed by atoms with Gasteiger partial charge in [-0.1, -0.05) is 17.9 Å². The quantitative estimate of drug-likeness (QED) is 0.798. The van der Waals surface area contributed by atoms with Crippen molar-refractivity contribution in [3.63, 3.8) is 0 Å². The van der Waals surface area contributed by atoms with E-state index in [1.165, 1.54) is 7.05 Å². The number of aryl methyl sites for hydroxylation is 2. The minimum atomic E-state index is -2.82. The number of hydrogen-bond acceptors (Lipinski definition) is 3. The van der Waals surface area contributed by atoms with E-state index in [9.17, 15) is 13.6 Å². The first-order valence-electron chi connectivity index (χ1n) is 7.74. The summed E-state index contributed by atoms with van der Waals surface area (Å²) in [5.41, 5.74) is 1.17. The zero-order valence-corrected chi connectivity index (χ0v) is 14.9. The summed E-state index contributed by atoms with van der Waals surface area (Å²) in [5.74, 6) is 5.48. The third-order valence-corrected chi connectivity index (χ3v) is 3.93. The Morgan fingerprint density at radius 3 is 2.64 bits per heavy atom. The third-order valence-electron chi connectivity index (χ3n) is 3.93. The van der Waals surface area contributed by atoms with Crippen LogP contribution in [0.25, 0.3) is 0 Å². The Balaban J connectivity index is 2.42. The minimum absolute atomic E-state index is 0.0152. The summed E-state index contributed by atoms with van der Waals surface area (Å²) in [4.78, 5) is 12.1. The lowest BCUT2D eigenvalue weighted by Crippen LogP contribution is -2.24. The normalized spacial score (nSPS) is 11.5. The molecule has 0 aliphatic carbocycles. The van der Waals surface area contributed by atoms with Gasteiger partial charge >= 0.3 is 5.69 Å². The molecule has 0 saturated carbocycles. The van der Waals surface area contributed by atoms with E-state index >= 15 is 0 Å². The predicted molar refractivity (Wildman–Crippen MR) is 90.7 cm³/mol. The second-order valence-electron chi connectivity index (χ2n) is 6.26. The number of methoxy groups -OCH3 is 1. The van der Waals surface area contributed by atoms with Crippen LogP contribution in [0.1, 0.15) is 42.8 Å². The van der Waals surface area contributed by atoms with Crippen molar-refractivity contribution < 1.29 is 13.5 Å². The smallest absolute Gasteiger partial charge is 0.346 e. The summed E-state index contributed by atoms with van der Waals surface area (Å²) in [7, 11) is 2.93. The minimum Gasteiger partial charge on any atom is -0.366 e. The first-order valence-corrected chi connectivity index (χ1v) is 7.74. The largest absolute Gasteiger partial charge is 0.366 e. The van der Waals surface area contributed by atoms with Gasteiger partial charge in [0.2, 0.25) is 5.82 Å². The van der Waals surface area contributed by atoms with Gasteiger partial charge in [-0.15, -0.1) is 5.10 Å². The molecule has 1 aromatic carbocycles. The average Bonchev–Trinajstić information content (AvgIpc) is 2.84. The summed E-state index contributed by atoms with van der Waals surface area (Å²) >= 11 is 0. The fourth-order valence-corrected chi connectivity index (χ4v) is 2.20. The van der Waals surface area contributed by atoms with Crippen LogP contribution in [0.15, 0.2) is 23.0 Å². The first-order chi connectivity index (χ1) is 11.6. The summed E-state index contributed by atoms with van der Waals surface area (Å²) < 4.78 is 33.4. The molecule has 0 atom stereocenters. The van der Waals surface area contributed by atoms with Crippen LogP contribution in [0.5, 0.6) is 0 Å². The molecule has 134 valence electrons. The van der Waals surface area contributed by atoms with Crippen molar-refractivity contribution in [2.75, 3.05) is 7.11 Å². The summed E-state index contributed by atoms with van der Waals surface area (Å²) in [6, 6.07) is 5.49. The van der Waals surface area contributed by atoms with Crippen molar-refractivity contribution >= 4 is 0 Å². The molecule has 7 heteroatoms. The van der Waals surface area contributed by atoms with E-state index in [1.807, 2.05) is 32.9 Å². The molecule has 0 fully saturated rings. The zero-order chi connectivity index (χ0) is 18.8. The lowest BCUT2D eigenvalue weighted by molar-refractivity contribution is 0.0741. The van der Waals surface area contributed by atoms with E-state index in [-0.39, 0.29) is 6.54 Å². The van der Waals surface area contributed by atoms with Gasteiger partial charge in [0.05, 0.1) is 6.54 Å². The number of aromatic nitrogens is 3. The molecular formula is C18H21F2N3O2. The second-order valence-corrected chi connectivity index (χ2v) is 6.26. The van der Waals surface area contributed by atoms with Gasteiger partial charge in [-0.3, -0.25) is 4.57 Å². The van der Waals surface area contributed by atoms with Crippen LogP contribution in [-0.2, 0) is 18.3 Å². The number of nitrogens with zero attached hydrogens (tertiary/aromatic N) is 3. The lowest BCUT2D eigenvalue weighted by atomic mass is 10.0. The van der Waals surface area contributed by atoms with Crippen molar-refractivity contribution in [1.82, 2.24) is 14.3 Å². The summed E-state index contributed by atoms with van der Waals surface area (Å²) in [6.07, 6.45) is -2.82. The highest BCUT2D eigenvalue weighted by atomic mass is 19.3. The molecule has 0 N–H and O–H groups in total. The highest BCUT2D eigenvalue weighted by Crippen LogP contribution is 2.18. The Morgan fingerprint density at radius 2 is 2.04 bits per heavy atom. The molecule has 1 aromatic heterocycles. The second kappa shape index (κ2) is 7.19. The van der Waals surface area contributed by atoms with E-state index in [2.05, 4.69) is 16.9 Å². The van der Waals surface area contributed by atoms with Gasteiger partial charge < -0.3 is 4.74 Å². The lowest BCUT2D eigenvalue weighted by Gasteiger charge is -2.14. The van der Waals surface area contributed by atoms with Gasteiger partial charge in [-0.2, -0.15) is 0 Å². The first kappa shape index (κ1) is 18.9. The topological polar surface area (TPSA) is 49.0 Å². The van der Waals surface area contributed by atoms with E-state index < -0.39 is 23.5 Å². The predicted octanol–water partition coefficient (Wildman–Crippen LogP) is 2.65. The zero-order valence-electron chi connectivity index (χ0n) is 14.9. The fraction of sp³-hybridized carbons (Fsp3) is 0.444. The molecule has 0 bridgehead atoms. The molecule has 2 rings (SSSR count). The molecule has 5 nitrogen and oxygen atoms in total. The van der Waals surface area contributed by atoms with Crippen LogP contribution in [-0.4, -0.2) is 27.1 Å². The molecule has 2 aromatic rings. The molecule has 0 amide bonds. The SMILES string of the molecule is COC(C)(C)C#Cc1ccc(C)c(Cn2c(C(F)F)nn(C)c2=O)c1. The number of rotatable bonds is 4. The van der Waals surface area contributed by atoms with Crippen molar-refractivity contribution in [1.29, 1.82) is 0 Å². The van der Waals surface area contributed by atoms with Gasteiger partial charge in [-0.25, -0.2) is 18.3 Å². The molecule has 0 aliphatic heterocycles. The Kier molecular flexibility index (Phi) is 5.43. The van der Waals surface area contributed by atoms with Crippen LogP contribution >= 0.6 is 0 Å². The molecule has 0 spiro atoms. The molecule has 0 saturated heterocycles. The van der Waals surface area contributed by atoms with Crippen molar-refractivity contribution in [2.24, 2.45) is 7.05 Å². The number of alkyl halides is 2. The number of ether oxygens (including phenoxy) is 1. The standard InChI is InChI=1S/C18H21F2N3O2/c1-12-6-7-13(8-9-18(2,3)25-5)10-14(12)11-23-16(15(19)20)21-22(4)17(23)24/h6-7,10,15H,11H2,1-5H3. The average molecular weight is 349 g/mol. The molecule has 0 unspecified atom stereocenters. The monoisotopic (exact) mass is 349 g/mol. The van der Waals surface area contributed by atoms with Crippen LogP contribution in [0.2, 0.25) is 0 Å². The van der Waals surface area contributed by atoms with E-state index in [1.54, 1.807) is 13.2 Å². The maximum atomic E-state index is 13.1. The number of benzene rings is 1. The third kappa shape index (κ3) is 4.34. The van der Waals surface area contributed by atoms with E-state index in [0.717, 1.165) is 25.9 Å². The van der Waals surface area contributed by atoms with Crippen LogP contribution in [0.4, 0.5) is 8.78 Å². The Labute approximate surface area is 145 Å². The Hall–Kier alpha value is -2.46. The van der Waals surface area contributed by atoms with E-state index in [4.69, 9.17) is 4.74 Å². The van der Waals surface area contributed by atoms with E-state index in [0.29, 0.717) is 0 Å². The van der Waals surface area contributed by atoms with Crippen LogP contribution < -0.4 is 5.69 Å². The van der Waals surface area contributed by atoms with Gasteiger partial charge in [0, 0.05) is 19.7 Å². The maximum Gasteiger partial charge on any atom is 0.346 e. The summed E-state index contributed by atoms with van der Waals surface area (Å²) in [5, 5.41) is 3.61. The molecule has 1 heterocycles. The number of hydrogen-bond donors (Lipinski definition) is 0. The highest BCUT2D eigenvalue weighted by molar-refractivity contribution is 5.41. The Morgan fingerprint density at radius 1 is 1.36 bits per heavy atom. The molecule has 0 radical (unpaired) electrons. The van der Waals surface area contributed by atoms with Crippen LogP contribution in [0, 0.1) is 18.8 Å². The van der Waals surface area contributed by atoms with Gasteiger partial charge in [-0.05, 0) is 44.0 Å². The number of halogens is 2. The molecular weight excluding hydrogens is 328 g/mol. The highest BCUT2D eigenvalue weighted by Gasteiger charge is 2.20. The van der Waals surface area contributed by atoms with Crippen molar-refractivity contribution in [3.05, 3.63) is 51.2 Å². The Bertz CT molecular complexity index is 886.